The maximum absolute atomic E-state index is 12.6. The minimum atomic E-state index is -4.09. The number of likely N-dealkylation sites (tertiary alicyclic amines) is 1. The summed E-state index contributed by atoms with van der Waals surface area (Å²) >= 11 is 0.895. The van der Waals surface area contributed by atoms with Gasteiger partial charge in [0.15, 0.2) is 14.6 Å². The number of carbonyl (C=O) groups excluding carboxylic acids is 3. The fourth-order valence-electron chi connectivity index (χ4n) is 4.01. The predicted molar refractivity (Wildman–Crippen MR) is 127 cm³/mol. The number of nitro benzene ring substituents is 1. The summed E-state index contributed by atoms with van der Waals surface area (Å²) in [6.07, 6.45) is 3.34. The van der Waals surface area contributed by atoms with Crippen LogP contribution in [-0.4, -0.2) is 71.8 Å². The molecule has 1 aliphatic heterocycles. The number of nitrogens with zero attached hydrogens (tertiary/aromatic N) is 4. The fraction of sp³-hybridized carbons (Fsp3) is 0.524. The molecule has 0 spiro atoms. The van der Waals surface area contributed by atoms with Crippen molar-refractivity contribution in [3.63, 3.8) is 0 Å². The molecule has 35 heavy (non-hydrogen) atoms. The lowest BCUT2D eigenvalue weighted by atomic mass is 10.0. The molecule has 1 aromatic heterocycles. The topological polar surface area (TPSA) is 158 Å². The van der Waals surface area contributed by atoms with Crippen LogP contribution < -0.4 is 4.80 Å². The van der Waals surface area contributed by atoms with E-state index in [0.29, 0.717) is 16.8 Å². The van der Waals surface area contributed by atoms with Crippen LogP contribution >= 0.6 is 11.3 Å². The summed E-state index contributed by atoms with van der Waals surface area (Å²) in [4.78, 5) is 53.0. The molecule has 1 saturated heterocycles. The van der Waals surface area contributed by atoms with Gasteiger partial charge in [-0.25, -0.2) is 8.42 Å². The van der Waals surface area contributed by atoms with Crippen molar-refractivity contribution in [2.75, 3.05) is 25.2 Å². The van der Waals surface area contributed by atoms with E-state index < -0.39 is 44.0 Å². The third kappa shape index (κ3) is 6.51. The van der Waals surface area contributed by atoms with Gasteiger partial charge in [0.05, 0.1) is 22.2 Å². The Balaban J connectivity index is 1.86. The Morgan fingerprint density at radius 2 is 2.00 bits per heavy atom. The van der Waals surface area contributed by atoms with Gasteiger partial charge in [0, 0.05) is 24.7 Å². The molecular weight excluding hydrogens is 500 g/mol. The SMILES string of the molecule is CCC1CCCCN1C(=O)CS(=O)(=O)CC(=O)N=c1sc2cc([N+](=O)[O-])ccc2n1CC(=O)OC. The number of esters is 1. The van der Waals surface area contributed by atoms with Crippen molar-refractivity contribution in [2.45, 2.75) is 45.2 Å². The number of carbonyl (C=O) groups is 3. The molecule has 190 valence electrons. The Morgan fingerprint density at radius 3 is 2.66 bits per heavy atom. The van der Waals surface area contributed by atoms with Crippen LogP contribution in [0.5, 0.6) is 0 Å². The first-order chi connectivity index (χ1) is 16.5. The van der Waals surface area contributed by atoms with Crippen molar-refractivity contribution in [3.05, 3.63) is 33.1 Å². The minimum Gasteiger partial charge on any atom is -0.468 e. The largest absolute Gasteiger partial charge is 0.468 e. The molecule has 14 heteroatoms. The van der Waals surface area contributed by atoms with Crippen LogP contribution in [0.2, 0.25) is 0 Å². The number of rotatable bonds is 8. The fourth-order valence-corrected chi connectivity index (χ4v) is 6.17. The molecule has 1 aromatic carbocycles. The van der Waals surface area contributed by atoms with Crippen molar-refractivity contribution < 1.29 is 32.5 Å². The van der Waals surface area contributed by atoms with Crippen molar-refractivity contribution in [1.82, 2.24) is 9.47 Å². The van der Waals surface area contributed by atoms with Gasteiger partial charge in [0.1, 0.15) is 18.1 Å². The average molecular weight is 527 g/mol. The zero-order chi connectivity index (χ0) is 25.8. The Bertz CT molecular complexity index is 1330. The number of non-ortho nitro benzene ring substituents is 1. The molecule has 3 rings (SSSR count). The molecule has 0 radical (unpaired) electrons. The standard InChI is InChI=1S/C21H26N4O8S2/c1-3-14-6-4-5-9-23(14)19(27)13-35(31,32)12-18(26)22-21-24(11-20(28)33-2)16-8-7-15(25(29)30)10-17(16)34-21/h7-8,10,14H,3-6,9,11-13H2,1-2H3. The quantitative estimate of drug-likeness (QED) is 0.284. The van der Waals surface area contributed by atoms with E-state index in [1.807, 2.05) is 6.92 Å². The molecule has 2 heterocycles. The number of hydrogen-bond acceptors (Lipinski definition) is 9. The van der Waals surface area contributed by atoms with E-state index in [-0.39, 0.29) is 23.1 Å². The number of fused-ring (bicyclic) bond motifs is 1. The van der Waals surface area contributed by atoms with Gasteiger partial charge in [-0.1, -0.05) is 18.3 Å². The number of methoxy groups -OCH3 is 1. The normalized spacial score (nSPS) is 16.9. The zero-order valence-electron chi connectivity index (χ0n) is 19.3. The predicted octanol–water partition coefficient (Wildman–Crippen LogP) is 1.42. The summed E-state index contributed by atoms with van der Waals surface area (Å²) in [6.45, 7) is 2.10. The van der Waals surface area contributed by atoms with Gasteiger partial charge < -0.3 is 14.2 Å². The van der Waals surface area contributed by atoms with E-state index in [4.69, 9.17) is 0 Å². The third-order valence-electron chi connectivity index (χ3n) is 5.72. The molecule has 0 bridgehead atoms. The Hall–Kier alpha value is -3.13. The van der Waals surface area contributed by atoms with Gasteiger partial charge in [-0.05, 0) is 31.7 Å². The monoisotopic (exact) mass is 526 g/mol. The van der Waals surface area contributed by atoms with E-state index in [9.17, 15) is 32.9 Å². The number of sulfone groups is 1. The van der Waals surface area contributed by atoms with E-state index in [1.165, 1.54) is 29.9 Å². The molecule has 0 saturated carbocycles. The van der Waals surface area contributed by atoms with Crippen LogP contribution in [0.4, 0.5) is 5.69 Å². The number of aromatic nitrogens is 1. The number of nitro groups is 1. The third-order valence-corrected chi connectivity index (χ3v) is 8.13. The summed E-state index contributed by atoms with van der Waals surface area (Å²) in [6, 6.07) is 3.92. The molecule has 12 nitrogen and oxygen atoms in total. The molecule has 1 unspecified atom stereocenters. The van der Waals surface area contributed by atoms with Gasteiger partial charge in [0.25, 0.3) is 11.6 Å². The number of ether oxygens (including phenoxy) is 1. The maximum atomic E-state index is 12.6. The second-order valence-corrected chi connectivity index (χ2v) is 11.2. The molecule has 1 atom stereocenters. The van der Waals surface area contributed by atoms with E-state index in [2.05, 4.69) is 9.73 Å². The van der Waals surface area contributed by atoms with Crippen molar-refractivity contribution in [3.8, 4) is 0 Å². The summed E-state index contributed by atoms with van der Waals surface area (Å²) < 4.78 is 31.6. The van der Waals surface area contributed by atoms with Gasteiger partial charge in [-0.3, -0.25) is 24.5 Å². The molecule has 0 N–H and O–H groups in total. The number of thiazole rings is 1. The number of benzene rings is 1. The lowest BCUT2D eigenvalue weighted by Crippen LogP contribution is -2.46. The molecule has 1 aliphatic rings. The van der Waals surface area contributed by atoms with Crippen LogP contribution in [0.3, 0.4) is 0 Å². The summed E-state index contributed by atoms with van der Waals surface area (Å²) in [5.74, 6) is -3.95. The Kier molecular flexibility index (Phi) is 8.38. The Labute approximate surface area is 205 Å². The molecule has 0 aliphatic carbocycles. The van der Waals surface area contributed by atoms with E-state index in [1.54, 1.807) is 4.90 Å². The minimum absolute atomic E-state index is 0.00766. The maximum Gasteiger partial charge on any atom is 0.325 e. The van der Waals surface area contributed by atoms with Gasteiger partial charge >= 0.3 is 5.97 Å². The summed E-state index contributed by atoms with van der Waals surface area (Å²) in [7, 11) is -2.91. The Morgan fingerprint density at radius 1 is 1.26 bits per heavy atom. The van der Waals surface area contributed by atoms with Crippen molar-refractivity contribution in [1.29, 1.82) is 0 Å². The van der Waals surface area contributed by atoms with Crippen LogP contribution in [0, 0.1) is 10.1 Å². The highest BCUT2D eigenvalue weighted by atomic mass is 32.2. The smallest absolute Gasteiger partial charge is 0.325 e. The number of hydrogen-bond donors (Lipinski definition) is 0. The second-order valence-electron chi connectivity index (χ2n) is 8.14. The molecule has 1 fully saturated rings. The van der Waals surface area contributed by atoms with E-state index in [0.717, 1.165) is 37.0 Å². The highest BCUT2D eigenvalue weighted by Crippen LogP contribution is 2.23. The first-order valence-corrected chi connectivity index (χ1v) is 13.6. The zero-order valence-corrected chi connectivity index (χ0v) is 21.0. The first kappa shape index (κ1) is 26.5. The molecule has 2 amide bonds. The van der Waals surface area contributed by atoms with Gasteiger partial charge in [-0.2, -0.15) is 4.99 Å². The number of piperidine rings is 1. The van der Waals surface area contributed by atoms with E-state index >= 15 is 0 Å². The molecule has 2 aromatic rings. The van der Waals surface area contributed by atoms with Gasteiger partial charge in [0.2, 0.25) is 5.91 Å². The van der Waals surface area contributed by atoms with Crippen LogP contribution in [-0.2, 0) is 35.5 Å². The van der Waals surface area contributed by atoms with Crippen LogP contribution in [0.15, 0.2) is 23.2 Å². The number of amides is 2. The average Bonchev–Trinajstić information content (AvgIpc) is 3.13. The van der Waals surface area contributed by atoms with Crippen molar-refractivity contribution in [2.24, 2.45) is 4.99 Å². The van der Waals surface area contributed by atoms with Crippen LogP contribution in [0.25, 0.3) is 10.2 Å². The van der Waals surface area contributed by atoms with Crippen molar-refractivity contribution >= 4 is 54.9 Å². The van der Waals surface area contributed by atoms with Gasteiger partial charge in [-0.15, -0.1) is 0 Å². The lowest BCUT2D eigenvalue weighted by molar-refractivity contribution is -0.384. The molecular formula is C21H26N4O8S2. The first-order valence-electron chi connectivity index (χ1n) is 11.0. The second kappa shape index (κ2) is 11.1. The van der Waals surface area contributed by atoms with Crippen LogP contribution in [0.1, 0.15) is 32.6 Å². The highest BCUT2D eigenvalue weighted by Gasteiger charge is 2.29. The highest BCUT2D eigenvalue weighted by molar-refractivity contribution is 7.92. The summed E-state index contributed by atoms with van der Waals surface area (Å²) in [5.41, 5.74) is 0.206. The summed E-state index contributed by atoms with van der Waals surface area (Å²) in [5, 5.41) is 11.1. The lowest BCUT2D eigenvalue weighted by Gasteiger charge is -2.35.